The smallest absolute Gasteiger partial charge is 0.337 e. The summed E-state index contributed by atoms with van der Waals surface area (Å²) in [5.74, 6) is -0.705. The molecule has 9 heteroatoms. The topological polar surface area (TPSA) is 96.7 Å². The maximum absolute atomic E-state index is 12.4. The predicted octanol–water partition coefficient (Wildman–Crippen LogP) is 2.76. The number of carboxylic acid groups (broad SMARTS) is 1. The van der Waals surface area contributed by atoms with E-state index in [9.17, 15) is 14.7 Å². The molecule has 1 saturated heterocycles. The summed E-state index contributed by atoms with van der Waals surface area (Å²) in [5.41, 5.74) is 0.696. The fourth-order valence-corrected chi connectivity index (χ4v) is 4.38. The van der Waals surface area contributed by atoms with Gasteiger partial charge in [-0.25, -0.2) is 9.78 Å². The number of carbonyl (C=O) groups excluding carboxylic acids is 1. The molecule has 0 bridgehead atoms. The fraction of sp³-hybridized carbons (Fsp3) is 0.650. The summed E-state index contributed by atoms with van der Waals surface area (Å²) in [6, 6.07) is 1.02. The Hall–Kier alpha value is -1.97. The monoisotopic (exact) mass is 420 g/mol. The molecule has 29 heavy (non-hydrogen) atoms. The van der Waals surface area contributed by atoms with Gasteiger partial charge in [-0.3, -0.25) is 9.36 Å². The molecule has 0 unspecified atom stereocenters. The van der Waals surface area contributed by atoms with E-state index in [1.807, 2.05) is 0 Å². The van der Waals surface area contributed by atoms with Crippen LogP contribution in [-0.4, -0.2) is 72.2 Å². The lowest BCUT2D eigenvalue weighted by Crippen LogP contribution is -2.27. The number of carbonyl (C=O) groups is 2. The van der Waals surface area contributed by atoms with Crippen molar-refractivity contribution < 1.29 is 19.4 Å². The van der Waals surface area contributed by atoms with E-state index < -0.39 is 14.0 Å². The minimum Gasteiger partial charge on any atom is -0.478 e. The molecule has 1 aliphatic heterocycles. The zero-order valence-electron chi connectivity index (χ0n) is 17.7. The summed E-state index contributed by atoms with van der Waals surface area (Å²) < 4.78 is 7.59. The van der Waals surface area contributed by atoms with Crippen LogP contribution in [0.2, 0.25) is 25.7 Å². The maximum Gasteiger partial charge on any atom is 0.337 e. The van der Waals surface area contributed by atoms with Gasteiger partial charge < -0.3 is 20.1 Å². The molecule has 3 rings (SSSR count). The molecule has 0 amide bonds. The number of hydrogen-bond acceptors (Lipinski definition) is 6. The Morgan fingerprint density at radius 2 is 2.03 bits per heavy atom. The third-order valence-electron chi connectivity index (χ3n) is 5.34. The zero-order valence-corrected chi connectivity index (χ0v) is 18.7. The van der Waals surface area contributed by atoms with Crippen LogP contribution in [0.3, 0.4) is 0 Å². The maximum atomic E-state index is 12.4. The number of ether oxygens (including phenoxy) is 1. The number of anilines is 1. The van der Waals surface area contributed by atoms with Crippen molar-refractivity contribution >= 4 is 31.3 Å². The quantitative estimate of drug-likeness (QED) is 0.444. The number of ketones is 1. The number of imidazole rings is 1. The molecular weight excluding hydrogens is 388 g/mol. The predicted molar refractivity (Wildman–Crippen MR) is 115 cm³/mol. The van der Waals surface area contributed by atoms with Crippen LogP contribution in [0.5, 0.6) is 0 Å². The fourth-order valence-electron chi connectivity index (χ4n) is 3.62. The van der Waals surface area contributed by atoms with Gasteiger partial charge in [0, 0.05) is 34.2 Å². The van der Waals surface area contributed by atoms with E-state index in [-0.39, 0.29) is 30.2 Å². The molecule has 1 aromatic heterocycles. The number of fused-ring (bicyclic) bond motifs is 1. The molecule has 2 aliphatic rings. The summed E-state index contributed by atoms with van der Waals surface area (Å²) in [6.45, 7) is 11.4. The van der Waals surface area contributed by atoms with E-state index in [0.29, 0.717) is 24.8 Å². The van der Waals surface area contributed by atoms with Gasteiger partial charge >= 0.3 is 5.97 Å². The molecule has 0 radical (unpaired) electrons. The Kier molecular flexibility index (Phi) is 6.92. The highest BCUT2D eigenvalue weighted by Crippen LogP contribution is 2.30. The van der Waals surface area contributed by atoms with Gasteiger partial charge in [-0.05, 0) is 32.0 Å². The Bertz CT molecular complexity index is 791. The van der Waals surface area contributed by atoms with Crippen LogP contribution < -0.4 is 5.32 Å². The molecule has 2 N–H and O–H groups in total. The van der Waals surface area contributed by atoms with Crippen molar-refractivity contribution in [2.75, 3.05) is 38.1 Å². The first-order chi connectivity index (χ1) is 13.8. The molecule has 2 heterocycles. The van der Waals surface area contributed by atoms with Gasteiger partial charge in [0.25, 0.3) is 0 Å². The Morgan fingerprint density at radius 3 is 2.69 bits per heavy atom. The molecular formula is C20H32N4O4Si. The highest BCUT2D eigenvalue weighted by Gasteiger charge is 2.31. The van der Waals surface area contributed by atoms with E-state index in [4.69, 9.17) is 4.74 Å². The molecule has 0 aromatic carbocycles. The number of nitrogens with zero attached hydrogens (tertiary/aromatic N) is 3. The number of Topliss-reactive ketones (excluding diaryl/α,β-unsaturated/α-hetero) is 1. The van der Waals surface area contributed by atoms with Crippen molar-refractivity contribution in [1.82, 2.24) is 14.5 Å². The lowest BCUT2D eigenvalue weighted by atomic mass is 9.99. The Labute approximate surface area is 172 Å². The largest absolute Gasteiger partial charge is 0.478 e. The first kappa shape index (κ1) is 21.7. The molecule has 1 aliphatic carbocycles. The van der Waals surface area contributed by atoms with Crippen LogP contribution in [0, 0.1) is 0 Å². The summed E-state index contributed by atoms with van der Waals surface area (Å²) in [6.07, 6.45) is 4.00. The van der Waals surface area contributed by atoms with Gasteiger partial charge in [0.2, 0.25) is 5.95 Å². The van der Waals surface area contributed by atoms with Crippen molar-refractivity contribution in [1.29, 1.82) is 0 Å². The van der Waals surface area contributed by atoms with Crippen molar-refractivity contribution in [3.63, 3.8) is 0 Å². The summed E-state index contributed by atoms with van der Waals surface area (Å²) >= 11 is 0. The highest BCUT2D eigenvalue weighted by atomic mass is 28.3. The molecule has 0 saturated carbocycles. The molecule has 1 aromatic rings. The standard InChI is InChI=1S/C20H32N4O4Si/c1-29(2,3)13-12-28-14-24-18-15(19(26)27)6-7-16(25)17(18)22-20(24)21-8-11-23-9-4-5-10-23/h6H,4-5,7-14H2,1-3H3,(H,21,22)(H,26,27). The molecule has 8 nitrogen and oxygen atoms in total. The SMILES string of the molecule is C[Si](C)(C)CCOCn1c(NCCN2CCCC2)nc2c1C(C(=O)O)=CCC2=O. The van der Waals surface area contributed by atoms with E-state index in [1.165, 1.54) is 18.9 Å². The Balaban J connectivity index is 1.78. The van der Waals surface area contributed by atoms with Crippen LogP contribution in [0.25, 0.3) is 5.57 Å². The number of nitrogens with one attached hydrogen (secondary N) is 1. The van der Waals surface area contributed by atoms with E-state index >= 15 is 0 Å². The second kappa shape index (κ2) is 9.23. The van der Waals surface area contributed by atoms with Crippen molar-refractivity contribution in [3.05, 3.63) is 17.5 Å². The number of allylic oxidation sites excluding steroid dienone is 1. The molecule has 1 fully saturated rings. The van der Waals surface area contributed by atoms with E-state index in [1.54, 1.807) is 4.57 Å². The van der Waals surface area contributed by atoms with E-state index in [2.05, 4.69) is 34.8 Å². The third-order valence-corrected chi connectivity index (χ3v) is 7.04. The highest BCUT2D eigenvalue weighted by molar-refractivity contribution is 6.76. The number of aliphatic carboxylic acids is 1. The molecule has 160 valence electrons. The zero-order chi connectivity index (χ0) is 21.0. The Morgan fingerprint density at radius 1 is 1.31 bits per heavy atom. The normalized spacial score (nSPS) is 17.3. The van der Waals surface area contributed by atoms with Crippen LogP contribution in [0.4, 0.5) is 5.95 Å². The second-order valence-electron chi connectivity index (χ2n) is 8.93. The molecule has 0 spiro atoms. The van der Waals surface area contributed by atoms with Crippen molar-refractivity contribution in [3.8, 4) is 0 Å². The first-order valence-electron chi connectivity index (χ1n) is 10.4. The number of carboxylic acids is 1. The summed E-state index contributed by atoms with van der Waals surface area (Å²) in [5, 5.41) is 12.9. The lowest BCUT2D eigenvalue weighted by molar-refractivity contribution is -0.130. The average molecular weight is 421 g/mol. The van der Waals surface area contributed by atoms with Gasteiger partial charge in [-0.1, -0.05) is 25.7 Å². The minimum atomic E-state index is -1.23. The number of likely N-dealkylation sites (tertiary alicyclic amines) is 1. The summed E-state index contributed by atoms with van der Waals surface area (Å²) in [4.78, 5) is 31.0. The second-order valence-corrected chi connectivity index (χ2v) is 14.6. The molecule has 0 atom stereocenters. The van der Waals surface area contributed by atoms with Crippen LogP contribution in [0.15, 0.2) is 6.08 Å². The van der Waals surface area contributed by atoms with E-state index in [0.717, 1.165) is 25.7 Å². The average Bonchev–Trinajstić information content (AvgIpc) is 3.27. The summed E-state index contributed by atoms with van der Waals surface area (Å²) in [7, 11) is -1.23. The lowest BCUT2D eigenvalue weighted by Gasteiger charge is -2.19. The van der Waals surface area contributed by atoms with Gasteiger partial charge in [0.05, 0.1) is 11.3 Å². The first-order valence-corrected chi connectivity index (χ1v) is 14.1. The van der Waals surface area contributed by atoms with Gasteiger partial charge in [0.1, 0.15) is 12.4 Å². The number of aromatic nitrogens is 2. The third kappa shape index (κ3) is 5.55. The van der Waals surface area contributed by atoms with Crippen molar-refractivity contribution in [2.24, 2.45) is 0 Å². The van der Waals surface area contributed by atoms with Crippen molar-refractivity contribution in [2.45, 2.75) is 51.7 Å². The van der Waals surface area contributed by atoms with Gasteiger partial charge in [0.15, 0.2) is 5.78 Å². The van der Waals surface area contributed by atoms with Gasteiger partial charge in [-0.2, -0.15) is 0 Å². The van der Waals surface area contributed by atoms with Crippen LogP contribution in [-0.2, 0) is 16.3 Å². The van der Waals surface area contributed by atoms with Crippen LogP contribution >= 0.6 is 0 Å². The van der Waals surface area contributed by atoms with Gasteiger partial charge in [-0.15, -0.1) is 0 Å². The minimum absolute atomic E-state index is 0.0648. The van der Waals surface area contributed by atoms with Crippen LogP contribution in [0.1, 0.15) is 35.4 Å². The number of rotatable bonds is 10. The number of hydrogen-bond donors (Lipinski definition) is 2.